The Morgan fingerprint density at radius 2 is 2.28 bits per heavy atom. The molecule has 0 atom stereocenters. The summed E-state index contributed by atoms with van der Waals surface area (Å²) in [7, 11) is 1.49. The zero-order valence-corrected chi connectivity index (χ0v) is 10.4. The van der Waals surface area contributed by atoms with Crippen molar-refractivity contribution in [1.82, 2.24) is 20.6 Å². The number of tetrazole rings is 1. The van der Waals surface area contributed by atoms with Crippen LogP contribution in [0.4, 0.5) is 5.69 Å². The average molecular weight is 268 g/mol. The molecule has 1 heterocycles. The summed E-state index contributed by atoms with van der Waals surface area (Å²) in [4.78, 5) is 11.8. The number of aryl methyl sites for hydroxylation is 1. The molecule has 0 aliphatic carbocycles. The first-order chi connectivity index (χ1) is 8.61. The van der Waals surface area contributed by atoms with Gasteiger partial charge < -0.3 is 10.1 Å². The molecule has 0 saturated carbocycles. The quantitative estimate of drug-likeness (QED) is 0.877. The van der Waals surface area contributed by atoms with E-state index in [4.69, 9.17) is 16.3 Å². The Morgan fingerprint density at radius 3 is 2.89 bits per heavy atom. The van der Waals surface area contributed by atoms with E-state index in [0.717, 1.165) is 5.56 Å². The standard InChI is InChI=1S/C10H10ClN5O2/c1-5-3-7(8(18-2)4-6(5)11)12-10(17)9-13-15-16-14-9/h3-4H,1-2H3,(H,12,17)(H,13,14,15,16). The highest BCUT2D eigenvalue weighted by Gasteiger charge is 2.14. The molecule has 0 spiro atoms. The van der Waals surface area contributed by atoms with Crippen LogP contribution >= 0.6 is 11.6 Å². The third-order valence-corrected chi connectivity index (χ3v) is 2.68. The number of hydrogen-bond donors (Lipinski definition) is 2. The minimum absolute atomic E-state index is 0.0512. The Hall–Kier alpha value is -2.15. The number of nitrogens with zero attached hydrogens (tertiary/aromatic N) is 3. The van der Waals surface area contributed by atoms with Gasteiger partial charge in [0.1, 0.15) is 5.75 Å². The Balaban J connectivity index is 2.28. The zero-order valence-electron chi connectivity index (χ0n) is 9.69. The summed E-state index contributed by atoms with van der Waals surface area (Å²) >= 11 is 5.97. The number of amides is 1. The van der Waals surface area contributed by atoms with Crippen LogP contribution in [0.2, 0.25) is 5.02 Å². The molecule has 18 heavy (non-hydrogen) atoms. The van der Waals surface area contributed by atoms with Gasteiger partial charge >= 0.3 is 0 Å². The number of aromatic nitrogens is 4. The summed E-state index contributed by atoms with van der Waals surface area (Å²) in [6, 6.07) is 3.34. The molecule has 0 saturated heterocycles. The van der Waals surface area contributed by atoms with Crippen LogP contribution in [0, 0.1) is 6.92 Å². The Labute approximate surface area is 107 Å². The molecule has 1 amide bonds. The fourth-order valence-corrected chi connectivity index (χ4v) is 1.52. The van der Waals surface area contributed by atoms with Gasteiger partial charge in [0.15, 0.2) is 0 Å². The van der Waals surface area contributed by atoms with Crippen LogP contribution in [0.3, 0.4) is 0 Å². The van der Waals surface area contributed by atoms with Gasteiger partial charge in [-0.2, -0.15) is 5.21 Å². The van der Waals surface area contributed by atoms with Crippen molar-refractivity contribution in [2.75, 3.05) is 12.4 Å². The highest BCUT2D eigenvalue weighted by atomic mass is 35.5. The van der Waals surface area contributed by atoms with Gasteiger partial charge in [-0.1, -0.05) is 11.6 Å². The van der Waals surface area contributed by atoms with Crippen molar-refractivity contribution >= 4 is 23.2 Å². The van der Waals surface area contributed by atoms with Crippen molar-refractivity contribution in [3.8, 4) is 5.75 Å². The van der Waals surface area contributed by atoms with Crippen molar-refractivity contribution in [2.45, 2.75) is 6.92 Å². The number of nitrogens with one attached hydrogen (secondary N) is 2. The number of aromatic amines is 1. The lowest BCUT2D eigenvalue weighted by atomic mass is 10.2. The number of ether oxygens (including phenoxy) is 1. The van der Waals surface area contributed by atoms with E-state index < -0.39 is 5.91 Å². The molecule has 94 valence electrons. The Kier molecular flexibility index (Phi) is 3.42. The molecule has 2 aromatic rings. The first-order valence-corrected chi connectivity index (χ1v) is 5.38. The largest absolute Gasteiger partial charge is 0.495 e. The minimum atomic E-state index is -0.483. The van der Waals surface area contributed by atoms with Gasteiger partial charge in [0.2, 0.25) is 0 Å². The second-order valence-corrected chi connectivity index (χ2v) is 3.90. The third-order valence-electron chi connectivity index (χ3n) is 2.28. The second-order valence-electron chi connectivity index (χ2n) is 3.49. The summed E-state index contributed by atoms with van der Waals surface area (Å²) in [6.07, 6.45) is 0. The van der Waals surface area contributed by atoms with Crippen LogP contribution in [0.1, 0.15) is 16.2 Å². The maximum atomic E-state index is 11.8. The highest BCUT2D eigenvalue weighted by Crippen LogP contribution is 2.30. The third kappa shape index (κ3) is 2.40. The molecule has 1 aromatic carbocycles. The molecule has 1 aromatic heterocycles. The van der Waals surface area contributed by atoms with E-state index in [-0.39, 0.29) is 5.82 Å². The van der Waals surface area contributed by atoms with Gasteiger partial charge in [0.25, 0.3) is 11.7 Å². The van der Waals surface area contributed by atoms with Crippen LogP contribution in [-0.4, -0.2) is 33.6 Å². The van der Waals surface area contributed by atoms with Gasteiger partial charge in [0.05, 0.1) is 12.8 Å². The van der Waals surface area contributed by atoms with Gasteiger partial charge in [-0.05, 0) is 23.8 Å². The van der Waals surface area contributed by atoms with Crippen LogP contribution in [-0.2, 0) is 0 Å². The van der Waals surface area contributed by atoms with Gasteiger partial charge in [-0.25, -0.2) is 0 Å². The molecule has 0 aliphatic heterocycles. The van der Waals surface area contributed by atoms with E-state index in [1.165, 1.54) is 7.11 Å². The lowest BCUT2D eigenvalue weighted by Crippen LogP contribution is -2.14. The lowest BCUT2D eigenvalue weighted by Gasteiger charge is -2.11. The predicted molar refractivity (Wildman–Crippen MR) is 64.9 cm³/mol. The number of benzene rings is 1. The highest BCUT2D eigenvalue weighted by molar-refractivity contribution is 6.31. The molecule has 0 unspecified atom stereocenters. The van der Waals surface area contributed by atoms with Crippen LogP contribution < -0.4 is 10.1 Å². The van der Waals surface area contributed by atoms with E-state index >= 15 is 0 Å². The normalized spacial score (nSPS) is 10.2. The number of halogens is 1. The molecule has 0 radical (unpaired) electrons. The van der Waals surface area contributed by atoms with Gasteiger partial charge in [-0.3, -0.25) is 4.79 Å². The van der Waals surface area contributed by atoms with E-state index in [1.807, 2.05) is 6.92 Å². The van der Waals surface area contributed by atoms with E-state index in [0.29, 0.717) is 16.5 Å². The lowest BCUT2D eigenvalue weighted by molar-refractivity contribution is 0.101. The number of hydrogen-bond acceptors (Lipinski definition) is 5. The summed E-state index contributed by atoms with van der Waals surface area (Å²) in [5.74, 6) is -0.0733. The zero-order chi connectivity index (χ0) is 13.1. The van der Waals surface area contributed by atoms with Crippen LogP contribution in [0.25, 0.3) is 0 Å². The van der Waals surface area contributed by atoms with E-state index in [9.17, 15) is 4.79 Å². The molecule has 0 aliphatic rings. The molecular formula is C10H10ClN5O2. The molecule has 0 bridgehead atoms. The van der Waals surface area contributed by atoms with Crippen LogP contribution in [0.15, 0.2) is 12.1 Å². The smallest absolute Gasteiger partial charge is 0.297 e. The fourth-order valence-electron chi connectivity index (χ4n) is 1.37. The first kappa shape index (κ1) is 12.3. The van der Waals surface area contributed by atoms with Crippen molar-refractivity contribution in [2.24, 2.45) is 0 Å². The Morgan fingerprint density at radius 1 is 1.50 bits per heavy atom. The number of anilines is 1. The Bertz CT molecular complexity index is 570. The molecule has 2 N–H and O–H groups in total. The number of methoxy groups -OCH3 is 1. The summed E-state index contributed by atoms with van der Waals surface area (Å²) in [5.41, 5.74) is 1.31. The van der Waals surface area contributed by atoms with Gasteiger partial charge in [-0.15, -0.1) is 10.2 Å². The maximum absolute atomic E-state index is 11.8. The van der Waals surface area contributed by atoms with E-state index in [2.05, 4.69) is 25.9 Å². The van der Waals surface area contributed by atoms with Crippen molar-refractivity contribution < 1.29 is 9.53 Å². The average Bonchev–Trinajstić information content (AvgIpc) is 2.87. The number of rotatable bonds is 3. The summed E-state index contributed by atoms with van der Waals surface area (Å²) in [5, 5.41) is 15.9. The first-order valence-electron chi connectivity index (χ1n) is 5.00. The monoisotopic (exact) mass is 267 g/mol. The molecule has 0 fully saturated rings. The predicted octanol–water partition coefficient (Wildman–Crippen LogP) is 1.42. The maximum Gasteiger partial charge on any atom is 0.297 e. The number of H-pyrrole nitrogens is 1. The van der Waals surface area contributed by atoms with Gasteiger partial charge in [0, 0.05) is 11.1 Å². The fraction of sp³-hybridized carbons (Fsp3) is 0.200. The molecule has 7 nitrogen and oxygen atoms in total. The SMILES string of the molecule is COc1cc(Cl)c(C)cc1NC(=O)c1nn[nH]n1. The van der Waals surface area contributed by atoms with Crippen molar-refractivity contribution in [3.63, 3.8) is 0 Å². The molecular weight excluding hydrogens is 258 g/mol. The second kappa shape index (κ2) is 5.01. The summed E-state index contributed by atoms with van der Waals surface area (Å²) < 4.78 is 5.14. The summed E-state index contributed by atoms with van der Waals surface area (Å²) in [6.45, 7) is 1.83. The van der Waals surface area contributed by atoms with Crippen molar-refractivity contribution in [1.29, 1.82) is 0 Å². The topological polar surface area (TPSA) is 92.8 Å². The molecule has 2 rings (SSSR count). The number of carbonyl (C=O) groups excluding carboxylic acids is 1. The van der Waals surface area contributed by atoms with E-state index in [1.54, 1.807) is 12.1 Å². The van der Waals surface area contributed by atoms with Crippen LogP contribution in [0.5, 0.6) is 5.75 Å². The minimum Gasteiger partial charge on any atom is -0.495 e. The van der Waals surface area contributed by atoms with Crippen molar-refractivity contribution in [3.05, 3.63) is 28.5 Å². The number of carbonyl (C=O) groups is 1. The molecule has 8 heteroatoms.